The Morgan fingerprint density at radius 3 is 2.77 bits per heavy atom. The van der Waals surface area contributed by atoms with E-state index in [-0.39, 0.29) is 23.7 Å². The van der Waals surface area contributed by atoms with E-state index in [1.807, 2.05) is 6.92 Å². The molecule has 0 aliphatic carbocycles. The normalized spacial score (nSPS) is 16.5. The van der Waals surface area contributed by atoms with Gasteiger partial charge in [0.1, 0.15) is 5.82 Å². The number of nitrogens with zero attached hydrogens (tertiary/aromatic N) is 4. The molecule has 1 saturated heterocycles. The van der Waals surface area contributed by atoms with Crippen LogP contribution in [0.2, 0.25) is 0 Å². The van der Waals surface area contributed by atoms with Gasteiger partial charge in [-0.25, -0.2) is 14.2 Å². The summed E-state index contributed by atoms with van der Waals surface area (Å²) in [7, 11) is 0. The summed E-state index contributed by atoms with van der Waals surface area (Å²) in [6.07, 6.45) is 2.83. The lowest BCUT2D eigenvalue weighted by atomic mass is 10.1. The van der Waals surface area contributed by atoms with Gasteiger partial charge in [0.05, 0.1) is 22.1 Å². The van der Waals surface area contributed by atoms with Gasteiger partial charge in [0.15, 0.2) is 10.9 Å². The summed E-state index contributed by atoms with van der Waals surface area (Å²) in [6.45, 7) is 4.72. The third kappa shape index (κ3) is 4.27. The molecule has 1 aromatic carbocycles. The molecule has 9 heteroatoms. The quantitative estimate of drug-likeness (QED) is 0.496. The number of thiazole rings is 2. The predicted molar refractivity (Wildman–Crippen MR) is 116 cm³/mol. The number of rotatable bonds is 7. The third-order valence-corrected chi connectivity index (χ3v) is 7.05. The van der Waals surface area contributed by atoms with Crippen LogP contribution in [0.15, 0.2) is 36.0 Å². The first-order valence-electron chi connectivity index (χ1n) is 9.63. The average Bonchev–Trinajstić information content (AvgIpc) is 3.42. The summed E-state index contributed by atoms with van der Waals surface area (Å²) < 4.78 is 13.1. The fraction of sp³-hybridized carbons (Fsp3) is 0.333. The molecular formula is C21H21FN4O2S2. The van der Waals surface area contributed by atoms with Gasteiger partial charge in [0.25, 0.3) is 0 Å². The van der Waals surface area contributed by atoms with Crippen molar-refractivity contribution >= 4 is 39.6 Å². The molecule has 6 nitrogen and oxygen atoms in total. The zero-order valence-corrected chi connectivity index (χ0v) is 18.3. The number of carbonyl (C=O) groups excluding carboxylic acids is 2. The number of Topliss-reactive ketones (excluding diaryl/α,β-unsaturated/α-hetero) is 1. The Balaban J connectivity index is 1.46. The van der Waals surface area contributed by atoms with E-state index in [9.17, 15) is 14.0 Å². The first-order valence-corrected chi connectivity index (χ1v) is 11.3. The maximum Gasteiger partial charge on any atom is 0.326 e. The van der Waals surface area contributed by atoms with E-state index >= 15 is 0 Å². The van der Waals surface area contributed by atoms with Crippen LogP contribution in [0.1, 0.15) is 39.2 Å². The van der Waals surface area contributed by atoms with E-state index in [1.54, 1.807) is 40.6 Å². The van der Waals surface area contributed by atoms with Crippen molar-refractivity contribution in [2.75, 3.05) is 11.4 Å². The van der Waals surface area contributed by atoms with Crippen LogP contribution < -0.4 is 4.90 Å². The molecule has 156 valence electrons. The molecule has 1 aliphatic rings. The molecule has 0 N–H and O–H groups in total. The summed E-state index contributed by atoms with van der Waals surface area (Å²) in [5.41, 5.74) is 3.28. The Labute approximate surface area is 182 Å². The standard InChI is InChI=1S/C21H21FN4O2S2/c1-13-10-25(11-15-3-5-16(22)6-4-15)21(28)26(13)20-24-14(2)19(30-20)18(27)8-7-17-9-23-12-29-17/h3-6,9,12-13H,7-8,10-11H2,1-2H3/t13-/m1/s1. The Morgan fingerprint density at radius 2 is 2.07 bits per heavy atom. The Hall–Kier alpha value is -2.65. The molecule has 2 aromatic heterocycles. The maximum absolute atomic E-state index is 13.1. The summed E-state index contributed by atoms with van der Waals surface area (Å²) >= 11 is 2.81. The minimum Gasteiger partial charge on any atom is -0.318 e. The highest BCUT2D eigenvalue weighted by Gasteiger charge is 2.37. The number of aromatic nitrogens is 2. The molecule has 30 heavy (non-hydrogen) atoms. The first kappa shape index (κ1) is 20.6. The van der Waals surface area contributed by atoms with Crippen LogP contribution >= 0.6 is 22.7 Å². The molecule has 1 atom stereocenters. The smallest absolute Gasteiger partial charge is 0.318 e. The minimum absolute atomic E-state index is 0.0344. The van der Waals surface area contributed by atoms with E-state index in [0.29, 0.717) is 41.6 Å². The highest BCUT2D eigenvalue weighted by molar-refractivity contribution is 7.17. The van der Waals surface area contributed by atoms with Crippen LogP contribution in [-0.4, -0.2) is 39.3 Å². The zero-order valence-electron chi connectivity index (χ0n) is 16.7. The van der Waals surface area contributed by atoms with Crippen molar-refractivity contribution in [3.8, 4) is 0 Å². The van der Waals surface area contributed by atoms with Crippen molar-refractivity contribution in [3.63, 3.8) is 0 Å². The summed E-state index contributed by atoms with van der Waals surface area (Å²) in [5, 5.41) is 0.549. The predicted octanol–water partition coefficient (Wildman–Crippen LogP) is 4.69. The lowest BCUT2D eigenvalue weighted by Crippen LogP contribution is -2.33. The van der Waals surface area contributed by atoms with Crippen LogP contribution in [-0.2, 0) is 13.0 Å². The van der Waals surface area contributed by atoms with Gasteiger partial charge in [-0.05, 0) is 38.0 Å². The fourth-order valence-electron chi connectivity index (χ4n) is 3.49. The van der Waals surface area contributed by atoms with Gasteiger partial charge >= 0.3 is 6.03 Å². The van der Waals surface area contributed by atoms with E-state index in [2.05, 4.69) is 9.97 Å². The van der Waals surface area contributed by atoms with Crippen LogP contribution in [0, 0.1) is 12.7 Å². The van der Waals surface area contributed by atoms with Crippen LogP contribution in [0.3, 0.4) is 0 Å². The highest BCUT2D eigenvalue weighted by Crippen LogP contribution is 2.32. The number of urea groups is 1. The number of carbonyl (C=O) groups is 2. The van der Waals surface area contributed by atoms with Crippen LogP contribution in [0.4, 0.5) is 14.3 Å². The number of anilines is 1. The third-order valence-electron chi connectivity index (χ3n) is 5.02. The molecule has 0 bridgehead atoms. The van der Waals surface area contributed by atoms with Gasteiger partial charge in [-0.2, -0.15) is 0 Å². The zero-order chi connectivity index (χ0) is 21.3. The Kier molecular flexibility index (Phi) is 5.92. The number of ketones is 1. The van der Waals surface area contributed by atoms with Crippen molar-refractivity contribution in [2.45, 2.75) is 39.3 Å². The summed E-state index contributed by atoms with van der Waals surface area (Å²) in [4.78, 5) is 39.3. The highest BCUT2D eigenvalue weighted by atomic mass is 32.1. The number of benzene rings is 1. The van der Waals surface area contributed by atoms with E-state index in [1.165, 1.54) is 34.8 Å². The van der Waals surface area contributed by atoms with Gasteiger partial charge < -0.3 is 4.90 Å². The largest absolute Gasteiger partial charge is 0.326 e. The topological polar surface area (TPSA) is 66.4 Å². The lowest BCUT2D eigenvalue weighted by Gasteiger charge is -2.17. The lowest BCUT2D eigenvalue weighted by molar-refractivity contribution is 0.0986. The molecule has 1 aliphatic heterocycles. The van der Waals surface area contributed by atoms with Gasteiger partial charge in [0.2, 0.25) is 0 Å². The van der Waals surface area contributed by atoms with Crippen molar-refractivity contribution < 1.29 is 14.0 Å². The molecule has 3 aromatic rings. The van der Waals surface area contributed by atoms with Crippen LogP contribution in [0.25, 0.3) is 0 Å². The number of amides is 2. The van der Waals surface area contributed by atoms with Crippen molar-refractivity contribution in [1.82, 2.24) is 14.9 Å². The Morgan fingerprint density at radius 1 is 1.30 bits per heavy atom. The molecule has 2 amide bonds. The second-order valence-corrected chi connectivity index (χ2v) is 9.26. The number of halogens is 1. The number of hydrogen-bond acceptors (Lipinski definition) is 6. The average molecular weight is 445 g/mol. The molecule has 1 fully saturated rings. The maximum atomic E-state index is 13.1. The first-order chi connectivity index (χ1) is 14.4. The molecule has 0 unspecified atom stereocenters. The van der Waals surface area contributed by atoms with E-state index in [0.717, 1.165) is 10.4 Å². The second kappa shape index (κ2) is 8.61. The SMILES string of the molecule is Cc1nc(N2C(=O)N(Cc3ccc(F)cc3)C[C@H]2C)sc1C(=O)CCc1cncs1. The van der Waals surface area contributed by atoms with E-state index < -0.39 is 0 Å². The van der Waals surface area contributed by atoms with Gasteiger partial charge in [0, 0.05) is 30.6 Å². The molecule has 0 spiro atoms. The van der Waals surface area contributed by atoms with E-state index in [4.69, 9.17) is 0 Å². The molecule has 0 saturated carbocycles. The summed E-state index contributed by atoms with van der Waals surface area (Å²) in [6, 6.07) is 5.94. The molecule has 0 radical (unpaired) electrons. The molecule has 4 rings (SSSR count). The van der Waals surface area contributed by atoms with Crippen LogP contribution in [0.5, 0.6) is 0 Å². The van der Waals surface area contributed by atoms with Crippen molar-refractivity contribution in [3.05, 3.63) is 62.8 Å². The monoisotopic (exact) mass is 444 g/mol. The van der Waals surface area contributed by atoms with Crippen molar-refractivity contribution in [2.24, 2.45) is 0 Å². The minimum atomic E-state index is -0.299. The van der Waals surface area contributed by atoms with Crippen molar-refractivity contribution in [1.29, 1.82) is 0 Å². The number of aryl methyl sites for hydroxylation is 2. The van der Waals surface area contributed by atoms with Gasteiger partial charge in [-0.1, -0.05) is 23.5 Å². The van der Waals surface area contributed by atoms with Gasteiger partial charge in [-0.15, -0.1) is 11.3 Å². The molecule has 3 heterocycles. The fourth-order valence-corrected chi connectivity index (χ4v) is 5.22. The summed E-state index contributed by atoms with van der Waals surface area (Å²) in [5.74, 6) is -0.264. The Bertz CT molecular complexity index is 1050. The van der Waals surface area contributed by atoms with Gasteiger partial charge in [-0.3, -0.25) is 14.7 Å². The molecular weight excluding hydrogens is 423 g/mol. The number of hydrogen-bond donors (Lipinski definition) is 0. The second-order valence-electron chi connectivity index (χ2n) is 7.31.